The SMILES string of the molecule is CCCN(CCC)CCCNc1nc(/C=C/c2ccc(CC)cc2)nc2cc(C)ccc12. The van der Waals surface area contributed by atoms with Crippen LogP contribution < -0.4 is 5.32 Å². The number of rotatable bonds is 12. The Bertz CT molecular complexity index is 1000. The monoisotopic (exact) mass is 430 g/mol. The largest absolute Gasteiger partial charge is 0.369 e. The lowest BCUT2D eigenvalue weighted by Crippen LogP contribution is -2.27. The first-order chi connectivity index (χ1) is 15.6. The summed E-state index contributed by atoms with van der Waals surface area (Å²) in [5, 5.41) is 4.67. The Morgan fingerprint density at radius 3 is 2.31 bits per heavy atom. The first-order valence-corrected chi connectivity index (χ1v) is 12.1. The molecule has 32 heavy (non-hydrogen) atoms. The molecule has 0 aliphatic carbocycles. The lowest BCUT2D eigenvalue weighted by Gasteiger charge is -2.21. The van der Waals surface area contributed by atoms with E-state index in [0.717, 1.165) is 54.0 Å². The van der Waals surface area contributed by atoms with Crippen molar-refractivity contribution >= 4 is 28.9 Å². The molecule has 0 bridgehead atoms. The minimum Gasteiger partial charge on any atom is -0.369 e. The van der Waals surface area contributed by atoms with Crippen molar-refractivity contribution in [2.75, 3.05) is 31.5 Å². The summed E-state index contributed by atoms with van der Waals surface area (Å²) in [6, 6.07) is 15.1. The lowest BCUT2D eigenvalue weighted by atomic mass is 10.1. The number of benzene rings is 2. The highest BCUT2D eigenvalue weighted by atomic mass is 15.1. The summed E-state index contributed by atoms with van der Waals surface area (Å²) in [5.41, 5.74) is 4.71. The Balaban J connectivity index is 1.74. The van der Waals surface area contributed by atoms with Crippen LogP contribution in [-0.2, 0) is 6.42 Å². The van der Waals surface area contributed by atoms with E-state index in [0.29, 0.717) is 0 Å². The highest BCUT2D eigenvalue weighted by Gasteiger charge is 2.08. The van der Waals surface area contributed by atoms with Crippen molar-refractivity contribution in [2.45, 2.75) is 53.4 Å². The fourth-order valence-corrected chi connectivity index (χ4v) is 3.98. The smallest absolute Gasteiger partial charge is 0.154 e. The molecule has 1 N–H and O–H groups in total. The molecule has 0 fully saturated rings. The van der Waals surface area contributed by atoms with Gasteiger partial charge in [0.1, 0.15) is 5.82 Å². The summed E-state index contributed by atoms with van der Waals surface area (Å²) in [5.74, 6) is 1.66. The van der Waals surface area contributed by atoms with Crippen LogP contribution in [-0.4, -0.2) is 41.0 Å². The number of hydrogen-bond acceptors (Lipinski definition) is 4. The Labute approximate surface area is 193 Å². The summed E-state index contributed by atoms with van der Waals surface area (Å²) in [6.45, 7) is 13.2. The minimum atomic E-state index is 0.740. The van der Waals surface area contributed by atoms with Crippen molar-refractivity contribution in [1.82, 2.24) is 14.9 Å². The average Bonchev–Trinajstić information content (AvgIpc) is 2.80. The second-order valence-corrected chi connectivity index (χ2v) is 8.50. The molecule has 0 saturated carbocycles. The van der Waals surface area contributed by atoms with E-state index in [2.05, 4.69) is 86.5 Å². The molecule has 0 aliphatic rings. The van der Waals surface area contributed by atoms with Gasteiger partial charge in [0.25, 0.3) is 0 Å². The normalized spacial score (nSPS) is 11.7. The number of nitrogens with one attached hydrogen (secondary N) is 1. The van der Waals surface area contributed by atoms with Gasteiger partial charge >= 0.3 is 0 Å². The van der Waals surface area contributed by atoms with E-state index in [1.165, 1.54) is 37.1 Å². The van der Waals surface area contributed by atoms with Crippen molar-refractivity contribution in [3.8, 4) is 0 Å². The van der Waals surface area contributed by atoms with E-state index < -0.39 is 0 Å². The molecular formula is C28H38N4. The van der Waals surface area contributed by atoms with Crippen molar-refractivity contribution < 1.29 is 0 Å². The third-order valence-electron chi connectivity index (χ3n) is 5.71. The third-order valence-corrected chi connectivity index (χ3v) is 5.71. The van der Waals surface area contributed by atoms with Crippen LogP contribution >= 0.6 is 0 Å². The van der Waals surface area contributed by atoms with Gasteiger partial charge in [0.15, 0.2) is 5.82 Å². The summed E-state index contributed by atoms with van der Waals surface area (Å²) in [4.78, 5) is 12.2. The number of aryl methyl sites for hydroxylation is 2. The molecule has 3 aromatic rings. The van der Waals surface area contributed by atoms with Crippen molar-refractivity contribution in [3.05, 3.63) is 65.0 Å². The number of fused-ring (bicyclic) bond motifs is 1. The van der Waals surface area contributed by atoms with Crippen LogP contribution in [0.1, 0.15) is 62.5 Å². The van der Waals surface area contributed by atoms with Gasteiger partial charge in [-0.15, -0.1) is 0 Å². The molecule has 0 amide bonds. The number of aromatic nitrogens is 2. The standard InChI is InChI=1S/C28H38N4/c1-5-18-32(19-6-2)20-8-17-29-28-25-15-9-22(4)21-26(25)30-27(31-28)16-14-24-12-10-23(7-3)11-13-24/h9-16,21H,5-8,17-20H2,1-4H3,(H,29,30,31)/b16-14+. The second kappa shape index (κ2) is 12.4. The molecule has 0 aliphatic heterocycles. The van der Waals surface area contributed by atoms with E-state index in [-0.39, 0.29) is 0 Å². The van der Waals surface area contributed by atoms with Crippen LogP contribution in [0.4, 0.5) is 5.82 Å². The topological polar surface area (TPSA) is 41.0 Å². The van der Waals surface area contributed by atoms with E-state index in [1.54, 1.807) is 0 Å². The minimum absolute atomic E-state index is 0.740. The predicted molar refractivity (Wildman–Crippen MR) is 139 cm³/mol. The first-order valence-electron chi connectivity index (χ1n) is 12.1. The predicted octanol–water partition coefficient (Wildman–Crippen LogP) is 6.60. The highest BCUT2D eigenvalue weighted by Crippen LogP contribution is 2.22. The second-order valence-electron chi connectivity index (χ2n) is 8.50. The summed E-state index contributed by atoms with van der Waals surface area (Å²) >= 11 is 0. The number of nitrogens with zero attached hydrogens (tertiary/aromatic N) is 3. The molecule has 0 radical (unpaired) electrons. The maximum absolute atomic E-state index is 4.85. The quantitative estimate of drug-likeness (QED) is 0.329. The van der Waals surface area contributed by atoms with Gasteiger partial charge in [-0.3, -0.25) is 0 Å². The van der Waals surface area contributed by atoms with Crippen LogP contribution in [0.5, 0.6) is 0 Å². The number of hydrogen-bond donors (Lipinski definition) is 1. The summed E-state index contributed by atoms with van der Waals surface area (Å²) < 4.78 is 0. The Kier molecular flexibility index (Phi) is 9.24. The molecule has 0 atom stereocenters. The molecular weight excluding hydrogens is 392 g/mol. The molecule has 0 spiro atoms. The Hall–Kier alpha value is -2.72. The van der Waals surface area contributed by atoms with Crippen molar-refractivity contribution in [1.29, 1.82) is 0 Å². The van der Waals surface area contributed by atoms with Gasteiger partial charge in [-0.1, -0.05) is 57.2 Å². The van der Waals surface area contributed by atoms with Crippen molar-refractivity contribution in [3.63, 3.8) is 0 Å². The molecule has 170 valence electrons. The van der Waals surface area contributed by atoms with E-state index in [4.69, 9.17) is 9.97 Å². The third kappa shape index (κ3) is 6.89. The van der Waals surface area contributed by atoms with Gasteiger partial charge in [0.05, 0.1) is 5.52 Å². The van der Waals surface area contributed by atoms with Crippen LogP contribution in [0.2, 0.25) is 0 Å². The van der Waals surface area contributed by atoms with Gasteiger partial charge in [-0.25, -0.2) is 9.97 Å². The molecule has 1 heterocycles. The molecule has 0 saturated heterocycles. The van der Waals surface area contributed by atoms with Crippen LogP contribution in [0, 0.1) is 6.92 Å². The zero-order chi connectivity index (χ0) is 22.8. The average molecular weight is 431 g/mol. The van der Waals surface area contributed by atoms with E-state index >= 15 is 0 Å². The van der Waals surface area contributed by atoms with E-state index in [1.807, 2.05) is 6.08 Å². The van der Waals surface area contributed by atoms with Crippen LogP contribution in [0.3, 0.4) is 0 Å². The summed E-state index contributed by atoms with van der Waals surface area (Å²) in [7, 11) is 0. The fourth-order valence-electron chi connectivity index (χ4n) is 3.98. The van der Waals surface area contributed by atoms with Gasteiger partial charge in [-0.05, 0) is 87.1 Å². The Morgan fingerprint density at radius 2 is 1.62 bits per heavy atom. The summed E-state index contributed by atoms with van der Waals surface area (Å²) in [6.07, 6.45) is 8.68. The maximum Gasteiger partial charge on any atom is 0.154 e. The first kappa shape index (κ1) is 23.9. The lowest BCUT2D eigenvalue weighted by molar-refractivity contribution is 0.274. The molecule has 1 aromatic heterocycles. The zero-order valence-corrected chi connectivity index (χ0v) is 20.2. The number of anilines is 1. The maximum atomic E-state index is 4.85. The van der Waals surface area contributed by atoms with Gasteiger partial charge in [0, 0.05) is 11.9 Å². The molecule has 4 nitrogen and oxygen atoms in total. The Morgan fingerprint density at radius 1 is 0.875 bits per heavy atom. The fraction of sp³-hybridized carbons (Fsp3) is 0.429. The van der Waals surface area contributed by atoms with E-state index in [9.17, 15) is 0 Å². The van der Waals surface area contributed by atoms with Crippen molar-refractivity contribution in [2.24, 2.45) is 0 Å². The molecule has 3 rings (SSSR count). The molecule has 0 unspecified atom stereocenters. The highest BCUT2D eigenvalue weighted by molar-refractivity contribution is 5.90. The zero-order valence-electron chi connectivity index (χ0n) is 20.2. The molecule has 2 aromatic carbocycles. The van der Waals surface area contributed by atoms with Gasteiger partial charge in [-0.2, -0.15) is 0 Å². The van der Waals surface area contributed by atoms with Crippen LogP contribution in [0.15, 0.2) is 42.5 Å². The van der Waals surface area contributed by atoms with Gasteiger partial charge in [0.2, 0.25) is 0 Å². The van der Waals surface area contributed by atoms with Crippen LogP contribution in [0.25, 0.3) is 23.1 Å². The van der Waals surface area contributed by atoms with Gasteiger partial charge < -0.3 is 10.2 Å². The molecule has 4 heteroatoms.